The maximum atomic E-state index is 11.9. The summed E-state index contributed by atoms with van der Waals surface area (Å²) in [5.41, 5.74) is 4.36. The lowest BCUT2D eigenvalue weighted by molar-refractivity contribution is -0.124. The van der Waals surface area contributed by atoms with Crippen LogP contribution in [0.3, 0.4) is 0 Å². The fourth-order valence-corrected chi connectivity index (χ4v) is 1.78. The molecule has 0 spiro atoms. The summed E-state index contributed by atoms with van der Waals surface area (Å²) in [4.78, 5) is 23.0. The Hall–Kier alpha value is -1.92. The molecule has 21 heavy (non-hydrogen) atoms. The molecule has 2 N–H and O–H groups in total. The quantitative estimate of drug-likeness (QED) is 0.624. The van der Waals surface area contributed by atoms with Gasteiger partial charge in [-0.3, -0.25) is 9.59 Å². The summed E-state index contributed by atoms with van der Waals surface area (Å²) >= 11 is 5.85. The number of nitrogens with one attached hydrogen (secondary N) is 2. The molecule has 1 aromatic carbocycles. The summed E-state index contributed by atoms with van der Waals surface area (Å²) in [7, 11) is 1.41. The van der Waals surface area contributed by atoms with Crippen molar-refractivity contribution in [2.75, 3.05) is 19.0 Å². The predicted octanol–water partition coefficient (Wildman–Crippen LogP) is 2.12. The summed E-state index contributed by atoms with van der Waals surface area (Å²) in [6.07, 6.45) is 0.0787. The van der Waals surface area contributed by atoms with Crippen LogP contribution in [0.2, 0.25) is 5.02 Å². The number of ether oxygens (including phenoxy) is 1. The van der Waals surface area contributed by atoms with Gasteiger partial charge in [0.15, 0.2) is 0 Å². The van der Waals surface area contributed by atoms with Gasteiger partial charge in [-0.1, -0.05) is 11.6 Å². The lowest BCUT2D eigenvalue weighted by Crippen LogP contribution is -2.24. The number of hydrogen-bond donors (Lipinski definition) is 2. The van der Waals surface area contributed by atoms with Gasteiger partial charge in [0.1, 0.15) is 6.61 Å². The molecule has 114 valence electrons. The lowest BCUT2D eigenvalue weighted by Gasteiger charge is -2.08. The van der Waals surface area contributed by atoms with Gasteiger partial charge in [0.05, 0.1) is 6.42 Å². The lowest BCUT2D eigenvalue weighted by atomic mass is 10.2. The molecule has 0 unspecified atom stereocenters. The van der Waals surface area contributed by atoms with Gasteiger partial charge in [0.2, 0.25) is 5.91 Å². The minimum atomic E-state index is -0.370. The number of methoxy groups -OCH3 is 1. The molecule has 0 heterocycles. The zero-order valence-corrected chi connectivity index (χ0v) is 13.0. The van der Waals surface area contributed by atoms with Gasteiger partial charge in [-0.25, -0.2) is 5.43 Å². The van der Waals surface area contributed by atoms with Crippen molar-refractivity contribution >= 4 is 34.8 Å². The third-order valence-electron chi connectivity index (χ3n) is 2.53. The van der Waals surface area contributed by atoms with Crippen LogP contribution in [0, 0.1) is 6.92 Å². The Kier molecular flexibility index (Phi) is 6.84. The Morgan fingerprint density at radius 2 is 2.05 bits per heavy atom. The number of carbonyl (C=O) groups excluding carboxylic acids is 2. The van der Waals surface area contributed by atoms with Crippen LogP contribution in [0.15, 0.2) is 23.3 Å². The molecule has 0 aliphatic heterocycles. The number of hydrazone groups is 1. The number of hydrogen-bond acceptors (Lipinski definition) is 4. The molecule has 2 amide bonds. The van der Waals surface area contributed by atoms with Gasteiger partial charge >= 0.3 is 0 Å². The van der Waals surface area contributed by atoms with E-state index in [0.29, 0.717) is 16.4 Å². The fourth-order valence-electron chi connectivity index (χ4n) is 1.55. The van der Waals surface area contributed by atoms with E-state index < -0.39 is 0 Å². The number of anilines is 1. The van der Waals surface area contributed by atoms with E-state index in [2.05, 4.69) is 20.6 Å². The Labute approximate surface area is 128 Å². The molecule has 0 radical (unpaired) electrons. The van der Waals surface area contributed by atoms with Crippen molar-refractivity contribution in [3.05, 3.63) is 28.8 Å². The highest BCUT2D eigenvalue weighted by Crippen LogP contribution is 2.19. The van der Waals surface area contributed by atoms with Crippen LogP contribution in [-0.2, 0) is 14.3 Å². The summed E-state index contributed by atoms with van der Waals surface area (Å²) < 4.78 is 4.65. The second kappa shape index (κ2) is 8.39. The normalized spacial score (nSPS) is 11.1. The summed E-state index contributed by atoms with van der Waals surface area (Å²) in [6, 6.07) is 5.21. The molecule has 0 aromatic heterocycles. The first kappa shape index (κ1) is 17.1. The predicted molar refractivity (Wildman–Crippen MR) is 82.6 cm³/mol. The third kappa shape index (κ3) is 6.37. The first-order valence-corrected chi connectivity index (χ1v) is 6.67. The number of amides is 2. The second-order valence-corrected chi connectivity index (χ2v) is 4.94. The van der Waals surface area contributed by atoms with Crippen molar-refractivity contribution in [1.82, 2.24) is 5.43 Å². The summed E-state index contributed by atoms with van der Waals surface area (Å²) in [6.45, 7) is 3.43. The van der Waals surface area contributed by atoms with Crippen LogP contribution < -0.4 is 10.7 Å². The van der Waals surface area contributed by atoms with E-state index in [-0.39, 0.29) is 24.8 Å². The Morgan fingerprint density at radius 3 is 2.67 bits per heavy atom. The number of halogens is 1. The minimum absolute atomic E-state index is 0.0764. The molecule has 0 aliphatic rings. The molecule has 1 rings (SSSR count). The summed E-state index contributed by atoms with van der Waals surface area (Å²) in [5, 5.41) is 7.20. The minimum Gasteiger partial charge on any atom is -0.375 e. The van der Waals surface area contributed by atoms with Gasteiger partial charge < -0.3 is 10.1 Å². The molecule has 0 saturated carbocycles. The number of benzene rings is 1. The molecule has 0 aliphatic carbocycles. The topological polar surface area (TPSA) is 79.8 Å². The fraction of sp³-hybridized carbons (Fsp3) is 0.357. The largest absolute Gasteiger partial charge is 0.375 e. The van der Waals surface area contributed by atoms with Crippen molar-refractivity contribution in [2.45, 2.75) is 20.3 Å². The van der Waals surface area contributed by atoms with Gasteiger partial charge in [0, 0.05) is 23.5 Å². The Morgan fingerprint density at radius 1 is 1.33 bits per heavy atom. The number of carbonyl (C=O) groups is 2. The van der Waals surface area contributed by atoms with Crippen molar-refractivity contribution in [3.8, 4) is 0 Å². The standard InChI is InChI=1S/C14H18ClN3O3/c1-9-6-11(15)4-5-12(9)16-13(19)7-10(2)17-18-14(20)8-21-3/h4-6H,7-8H2,1-3H3,(H,16,19)(H,18,20)/b17-10+. The van der Waals surface area contributed by atoms with E-state index in [1.807, 2.05) is 6.92 Å². The molecular weight excluding hydrogens is 294 g/mol. The highest BCUT2D eigenvalue weighted by molar-refractivity contribution is 6.30. The zero-order valence-electron chi connectivity index (χ0n) is 12.2. The van der Waals surface area contributed by atoms with E-state index in [4.69, 9.17) is 11.6 Å². The Balaban J connectivity index is 2.53. The molecule has 1 aromatic rings. The van der Waals surface area contributed by atoms with E-state index in [1.54, 1.807) is 25.1 Å². The third-order valence-corrected chi connectivity index (χ3v) is 2.76. The molecular formula is C14H18ClN3O3. The number of rotatable bonds is 6. The van der Waals surface area contributed by atoms with Crippen molar-refractivity contribution in [2.24, 2.45) is 5.10 Å². The average molecular weight is 312 g/mol. The van der Waals surface area contributed by atoms with Gasteiger partial charge in [-0.05, 0) is 37.6 Å². The van der Waals surface area contributed by atoms with Gasteiger partial charge in [-0.15, -0.1) is 0 Å². The maximum absolute atomic E-state index is 11.9. The van der Waals surface area contributed by atoms with Crippen LogP contribution in [-0.4, -0.2) is 31.2 Å². The molecule has 0 atom stereocenters. The van der Waals surface area contributed by atoms with Gasteiger partial charge in [0.25, 0.3) is 5.91 Å². The average Bonchev–Trinajstić information content (AvgIpc) is 2.40. The molecule has 0 bridgehead atoms. The highest BCUT2D eigenvalue weighted by Gasteiger charge is 2.07. The molecule has 0 saturated heterocycles. The first-order valence-electron chi connectivity index (χ1n) is 6.29. The van der Waals surface area contributed by atoms with Crippen molar-refractivity contribution in [1.29, 1.82) is 0 Å². The SMILES string of the molecule is COCC(=O)N/N=C(\C)CC(=O)Nc1ccc(Cl)cc1C. The smallest absolute Gasteiger partial charge is 0.266 e. The first-order chi connectivity index (χ1) is 9.92. The zero-order chi connectivity index (χ0) is 15.8. The number of aryl methyl sites for hydroxylation is 1. The highest BCUT2D eigenvalue weighted by atomic mass is 35.5. The van der Waals surface area contributed by atoms with Crippen LogP contribution >= 0.6 is 11.6 Å². The van der Waals surface area contributed by atoms with Crippen LogP contribution in [0.25, 0.3) is 0 Å². The monoisotopic (exact) mass is 311 g/mol. The molecule has 6 nitrogen and oxygen atoms in total. The van der Waals surface area contributed by atoms with Crippen molar-refractivity contribution in [3.63, 3.8) is 0 Å². The number of nitrogens with zero attached hydrogens (tertiary/aromatic N) is 1. The van der Waals surface area contributed by atoms with Crippen LogP contribution in [0.4, 0.5) is 5.69 Å². The van der Waals surface area contributed by atoms with E-state index in [1.165, 1.54) is 7.11 Å². The van der Waals surface area contributed by atoms with E-state index in [0.717, 1.165) is 5.56 Å². The Bertz CT molecular complexity index is 558. The molecule has 7 heteroatoms. The van der Waals surface area contributed by atoms with Crippen LogP contribution in [0.1, 0.15) is 18.9 Å². The van der Waals surface area contributed by atoms with Gasteiger partial charge in [-0.2, -0.15) is 5.10 Å². The maximum Gasteiger partial charge on any atom is 0.266 e. The molecule has 0 fully saturated rings. The second-order valence-electron chi connectivity index (χ2n) is 4.50. The van der Waals surface area contributed by atoms with Crippen molar-refractivity contribution < 1.29 is 14.3 Å². The van der Waals surface area contributed by atoms with E-state index in [9.17, 15) is 9.59 Å². The van der Waals surface area contributed by atoms with E-state index >= 15 is 0 Å². The van der Waals surface area contributed by atoms with Crippen LogP contribution in [0.5, 0.6) is 0 Å². The summed E-state index contributed by atoms with van der Waals surface area (Å²) in [5.74, 6) is -0.589.